The lowest BCUT2D eigenvalue weighted by Crippen LogP contribution is -2.06. The summed E-state index contributed by atoms with van der Waals surface area (Å²) in [4.78, 5) is 0. The first-order valence-electron chi connectivity index (χ1n) is 6.98. The Morgan fingerprint density at radius 3 is 2.35 bits per heavy atom. The molecule has 0 atom stereocenters. The first kappa shape index (κ1) is 17.0. The number of methoxy groups -OCH3 is 3. The van der Waals surface area contributed by atoms with E-state index in [0.717, 1.165) is 11.1 Å². The average molecular weight is 335 g/mol. The Kier molecular flexibility index (Phi) is 6.11. The number of ether oxygens (including phenoxy) is 3. The van der Waals surface area contributed by atoms with E-state index in [1.807, 2.05) is 18.2 Å². The summed E-state index contributed by atoms with van der Waals surface area (Å²) in [5, 5.41) is 4.83. The molecule has 23 heavy (non-hydrogen) atoms. The van der Waals surface area contributed by atoms with Crippen LogP contribution >= 0.6 is 11.6 Å². The van der Waals surface area contributed by atoms with Crippen molar-refractivity contribution in [2.75, 3.05) is 21.3 Å². The molecule has 6 heteroatoms. The van der Waals surface area contributed by atoms with Crippen LogP contribution in [0.15, 0.2) is 41.5 Å². The third-order valence-electron chi connectivity index (χ3n) is 3.22. The molecule has 0 aliphatic rings. The van der Waals surface area contributed by atoms with Crippen LogP contribution in [0.2, 0.25) is 5.02 Å². The monoisotopic (exact) mass is 334 g/mol. The van der Waals surface area contributed by atoms with Crippen LogP contribution in [0.4, 0.5) is 0 Å². The second-order valence-corrected chi connectivity index (χ2v) is 5.11. The van der Waals surface area contributed by atoms with Gasteiger partial charge in [-0.1, -0.05) is 17.7 Å². The Balaban J connectivity index is 2.01. The molecule has 0 bridgehead atoms. The van der Waals surface area contributed by atoms with Crippen molar-refractivity contribution < 1.29 is 14.2 Å². The highest BCUT2D eigenvalue weighted by molar-refractivity contribution is 6.30. The molecule has 2 aromatic carbocycles. The highest BCUT2D eigenvalue weighted by Crippen LogP contribution is 2.27. The third kappa shape index (κ3) is 4.53. The number of rotatable bonds is 7. The van der Waals surface area contributed by atoms with Gasteiger partial charge in [0.25, 0.3) is 0 Å². The van der Waals surface area contributed by atoms with E-state index < -0.39 is 0 Å². The van der Waals surface area contributed by atoms with Crippen LogP contribution in [0.3, 0.4) is 0 Å². The van der Waals surface area contributed by atoms with Crippen molar-refractivity contribution in [1.82, 2.24) is 5.43 Å². The van der Waals surface area contributed by atoms with Gasteiger partial charge in [0.15, 0.2) is 11.5 Å². The zero-order valence-corrected chi connectivity index (χ0v) is 14.1. The molecule has 122 valence electrons. The summed E-state index contributed by atoms with van der Waals surface area (Å²) < 4.78 is 15.7. The summed E-state index contributed by atoms with van der Waals surface area (Å²) in [6.07, 6.45) is 1.67. The maximum Gasteiger partial charge on any atom is 0.161 e. The highest BCUT2D eigenvalue weighted by atomic mass is 35.5. The molecule has 0 spiro atoms. The van der Waals surface area contributed by atoms with Crippen molar-refractivity contribution in [2.45, 2.75) is 6.54 Å². The van der Waals surface area contributed by atoms with Crippen LogP contribution in [0.5, 0.6) is 17.2 Å². The lowest BCUT2D eigenvalue weighted by atomic mass is 10.2. The summed E-state index contributed by atoms with van der Waals surface area (Å²) >= 11 is 5.98. The van der Waals surface area contributed by atoms with E-state index in [2.05, 4.69) is 10.5 Å². The quantitative estimate of drug-likeness (QED) is 0.622. The molecule has 2 rings (SSSR count). The van der Waals surface area contributed by atoms with Crippen molar-refractivity contribution in [2.24, 2.45) is 5.10 Å². The Labute approximate surface area is 140 Å². The van der Waals surface area contributed by atoms with Gasteiger partial charge in [-0.2, -0.15) is 5.10 Å². The van der Waals surface area contributed by atoms with E-state index in [-0.39, 0.29) is 0 Å². The number of nitrogens with one attached hydrogen (secondary N) is 1. The third-order valence-corrected chi connectivity index (χ3v) is 3.45. The minimum Gasteiger partial charge on any atom is -0.496 e. The van der Waals surface area contributed by atoms with Crippen molar-refractivity contribution in [1.29, 1.82) is 0 Å². The molecule has 0 aliphatic heterocycles. The van der Waals surface area contributed by atoms with Gasteiger partial charge in [-0.25, -0.2) is 0 Å². The first-order chi connectivity index (χ1) is 11.2. The predicted molar refractivity (Wildman–Crippen MR) is 92.0 cm³/mol. The summed E-state index contributed by atoms with van der Waals surface area (Å²) in [6, 6.07) is 11.1. The maximum absolute atomic E-state index is 5.98. The fourth-order valence-electron chi connectivity index (χ4n) is 2.05. The van der Waals surface area contributed by atoms with Gasteiger partial charge in [-0.15, -0.1) is 0 Å². The SMILES string of the molecule is COc1ccc(Cl)cc1/C=N\NCc1ccc(OC)c(OC)c1. The van der Waals surface area contributed by atoms with Gasteiger partial charge in [-0.05, 0) is 35.9 Å². The van der Waals surface area contributed by atoms with Gasteiger partial charge in [0, 0.05) is 10.6 Å². The van der Waals surface area contributed by atoms with Gasteiger partial charge in [0.2, 0.25) is 0 Å². The lowest BCUT2D eigenvalue weighted by molar-refractivity contribution is 0.354. The van der Waals surface area contributed by atoms with E-state index in [1.165, 1.54) is 0 Å². The molecule has 5 nitrogen and oxygen atoms in total. The van der Waals surface area contributed by atoms with E-state index in [0.29, 0.717) is 28.8 Å². The summed E-state index contributed by atoms with van der Waals surface area (Å²) in [7, 11) is 4.83. The zero-order chi connectivity index (χ0) is 16.7. The van der Waals surface area contributed by atoms with Gasteiger partial charge in [-0.3, -0.25) is 0 Å². The Morgan fingerprint density at radius 2 is 1.65 bits per heavy atom. The van der Waals surface area contributed by atoms with Crippen molar-refractivity contribution in [3.05, 3.63) is 52.5 Å². The number of halogens is 1. The van der Waals surface area contributed by atoms with Crippen LogP contribution in [0, 0.1) is 0 Å². The second-order valence-electron chi connectivity index (χ2n) is 4.67. The van der Waals surface area contributed by atoms with Crippen LogP contribution in [-0.2, 0) is 6.54 Å². The van der Waals surface area contributed by atoms with E-state index in [4.69, 9.17) is 25.8 Å². The molecule has 2 aromatic rings. The minimum absolute atomic E-state index is 0.555. The number of hydrazone groups is 1. The molecule has 0 saturated carbocycles. The molecular formula is C17H19ClN2O3. The smallest absolute Gasteiger partial charge is 0.161 e. The summed E-state index contributed by atoms with van der Waals surface area (Å²) in [5.74, 6) is 2.10. The molecule has 0 saturated heterocycles. The van der Waals surface area contributed by atoms with Crippen molar-refractivity contribution in [3.8, 4) is 17.2 Å². The van der Waals surface area contributed by atoms with E-state index in [9.17, 15) is 0 Å². The second kappa shape index (κ2) is 8.29. The Morgan fingerprint density at radius 1 is 0.957 bits per heavy atom. The fraction of sp³-hybridized carbons (Fsp3) is 0.235. The Bertz CT molecular complexity index is 690. The number of benzene rings is 2. The molecular weight excluding hydrogens is 316 g/mol. The van der Waals surface area contributed by atoms with Crippen molar-refractivity contribution >= 4 is 17.8 Å². The molecule has 1 N–H and O–H groups in total. The topological polar surface area (TPSA) is 52.1 Å². The number of hydrogen-bond donors (Lipinski definition) is 1. The average Bonchev–Trinajstić information content (AvgIpc) is 2.58. The van der Waals surface area contributed by atoms with Gasteiger partial charge in [0.1, 0.15) is 5.75 Å². The standard InChI is InChI=1S/C17H19ClN2O3/c1-21-15-7-5-14(18)9-13(15)11-20-19-10-12-4-6-16(22-2)17(8-12)23-3/h4-9,11,19H,10H2,1-3H3/b20-11-. The number of hydrogen-bond acceptors (Lipinski definition) is 5. The normalized spacial score (nSPS) is 10.6. The van der Waals surface area contributed by atoms with E-state index in [1.54, 1.807) is 45.7 Å². The maximum atomic E-state index is 5.98. The van der Waals surface area contributed by atoms with Crippen LogP contribution in [0.25, 0.3) is 0 Å². The molecule has 0 amide bonds. The van der Waals surface area contributed by atoms with Gasteiger partial charge >= 0.3 is 0 Å². The van der Waals surface area contributed by atoms with E-state index >= 15 is 0 Å². The molecule has 0 radical (unpaired) electrons. The minimum atomic E-state index is 0.555. The highest BCUT2D eigenvalue weighted by Gasteiger charge is 2.04. The van der Waals surface area contributed by atoms with Gasteiger partial charge < -0.3 is 19.6 Å². The first-order valence-corrected chi connectivity index (χ1v) is 7.36. The summed E-state index contributed by atoms with van der Waals surface area (Å²) in [6.45, 7) is 0.555. The van der Waals surface area contributed by atoms with Crippen molar-refractivity contribution in [3.63, 3.8) is 0 Å². The van der Waals surface area contributed by atoms with Gasteiger partial charge in [0.05, 0.1) is 34.1 Å². The zero-order valence-electron chi connectivity index (χ0n) is 13.3. The predicted octanol–water partition coefficient (Wildman–Crippen LogP) is 3.49. The Hall–Kier alpha value is -2.40. The molecule has 0 aliphatic carbocycles. The summed E-state index contributed by atoms with van der Waals surface area (Å²) in [5.41, 5.74) is 4.82. The lowest BCUT2D eigenvalue weighted by Gasteiger charge is -2.09. The number of nitrogens with zero attached hydrogens (tertiary/aromatic N) is 1. The van der Waals surface area contributed by atoms with Crippen LogP contribution < -0.4 is 19.6 Å². The molecule has 0 heterocycles. The molecule has 0 fully saturated rings. The van der Waals surface area contributed by atoms with Crippen LogP contribution in [-0.4, -0.2) is 27.5 Å². The molecule has 0 unspecified atom stereocenters. The van der Waals surface area contributed by atoms with Crippen LogP contribution in [0.1, 0.15) is 11.1 Å². The largest absolute Gasteiger partial charge is 0.496 e. The fourth-order valence-corrected chi connectivity index (χ4v) is 2.23. The molecule has 0 aromatic heterocycles.